The summed E-state index contributed by atoms with van der Waals surface area (Å²) in [5.74, 6) is -1.02. The standard InChI is InChI=1S/C20H34O5/c1-2-3-9-13-18(22)19(23)16-15-17(21)12-10-7-5-4-6-8-11-14-20(24)25/h4,6-7,10,15-19,21-23H,2-3,5,8-9,11-14H2,1H3,(H,24,25)/p-1/b6-4-,10-7-,16-15+. The van der Waals surface area contributed by atoms with Gasteiger partial charge in [0.1, 0.15) is 0 Å². The van der Waals surface area contributed by atoms with Crippen LogP contribution in [0.1, 0.15) is 64.7 Å². The third-order valence-electron chi connectivity index (χ3n) is 3.76. The van der Waals surface area contributed by atoms with E-state index in [2.05, 4.69) is 6.92 Å². The van der Waals surface area contributed by atoms with E-state index in [0.29, 0.717) is 25.7 Å². The average molecular weight is 353 g/mol. The molecular weight excluding hydrogens is 320 g/mol. The maximum atomic E-state index is 10.2. The fourth-order valence-corrected chi connectivity index (χ4v) is 2.21. The molecule has 0 aromatic heterocycles. The Morgan fingerprint density at radius 3 is 2.40 bits per heavy atom. The number of aliphatic hydroxyl groups is 3. The van der Waals surface area contributed by atoms with Gasteiger partial charge in [0.05, 0.1) is 18.3 Å². The first kappa shape index (κ1) is 23.6. The summed E-state index contributed by atoms with van der Waals surface area (Å²) in [4.78, 5) is 10.2. The number of carboxylic acid groups (broad SMARTS) is 1. The summed E-state index contributed by atoms with van der Waals surface area (Å²) in [7, 11) is 0. The van der Waals surface area contributed by atoms with E-state index in [9.17, 15) is 25.2 Å². The third kappa shape index (κ3) is 15.8. The molecule has 3 atom stereocenters. The van der Waals surface area contributed by atoms with Gasteiger partial charge in [0.25, 0.3) is 0 Å². The van der Waals surface area contributed by atoms with Gasteiger partial charge < -0.3 is 25.2 Å². The maximum Gasteiger partial charge on any atom is 0.0980 e. The molecule has 144 valence electrons. The molecule has 0 saturated carbocycles. The monoisotopic (exact) mass is 353 g/mol. The molecule has 0 saturated heterocycles. The number of rotatable bonds is 15. The van der Waals surface area contributed by atoms with E-state index in [-0.39, 0.29) is 6.42 Å². The number of aliphatic carboxylic acids is 1. The van der Waals surface area contributed by atoms with Crippen LogP contribution in [-0.2, 0) is 4.79 Å². The Morgan fingerprint density at radius 1 is 1.00 bits per heavy atom. The van der Waals surface area contributed by atoms with E-state index in [1.165, 1.54) is 12.2 Å². The van der Waals surface area contributed by atoms with Crippen molar-refractivity contribution in [1.82, 2.24) is 0 Å². The molecule has 3 unspecified atom stereocenters. The Labute approximate surface area is 151 Å². The fraction of sp³-hybridized carbons (Fsp3) is 0.650. The number of carboxylic acids is 1. The molecule has 0 heterocycles. The molecule has 5 nitrogen and oxygen atoms in total. The summed E-state index contributed by atoms with van der Waals surface area (Å²) in [6.45, 7) is 2.08. The second kappa shape index (κ2) is 16.1. The highest BCUT2D eigenvalue weighted by Gasteiger charge is 2.12. The normalized spacial score (nSPS) is 16.0. The van der Waals surface area contributed by atoms with Gasteiger partial charge in [-0.15, -0.1) is 0 Å². The zero-order valence-electron chi connectivity index (χ0n) is 15.2. The second-order valence-corrected chi connectivity index (χ2v) is 6.18. The van der Waals surface area contributed by atoms with Crippen molar-refractivity contribution in [3.63, 3.8) is 0 Å². The molecule has 0 aliphatic heterocycles. The van der Waals surface area contributed by atoms with Crippen molar-refractivity contribution in [2.75, 3.05) is 0 Å². The predicted molar refractivity (Wildman–Crippen MR) is 97.7 cm³/mol. The summed E-state index contributed by atoms with van der Waals surface area (Å²) in [6, 6.07) is 0. The van der Waals surface area contributed by atoms with Crippen LogP contribution in [0.25, 0.3) is 0 Å². The smallest absolute Gasteiger partial charge is 0.0980 e. The van der Waals surface area contributed by atoms with Gasteiger partial charge in [0, 0.05) is 5.97 Å². The lowest BCUT2D eigenvalue weighted by molar-refractivity contribution is -0.305. The predicted octanol–water partition coefficient (Wildman–Crippen LogP) is 2.02. The van der Waals surface area contributed by atoms with Crippen molar-refractivity contribution in [1.29, 1.82) is 0 Å². The second-order valence-electron chi connectivity index (χ2n) is 6.18. The molecule has 0 spiro atoms. The average Bonchev–Trinajstić information content (AvgIpc) is 2.57. The van der Waals surface area contributed by atoms with Gasteiger partial charge >= 0.3 is 0 Å². The molecule has 0 aromatic carbocycles. The Bertz CT molecular complexity index is 414. The first-order valence-electron chi connectivity index (χ1n) is 9.19. The van der Waals surface area contributed by atoms with Crippen LogP contribution in [0.5, 0.6) is 0 Å². The van der Waals surface area contributed by atoms with Crippen LogP contribution in [0, 0.1) is 0 Å². The highest BCUT2D eigenvalue weighted by atomic mass is 16.4. The molecule has 0 fully saturated rings. The molecule has 0 aromatic rings. The Hall–Kier alpha value is -1.43. The number of unbranched alkanes of at least 4 members (excludes halogenated alkanes) is 3. The highest BCUT2D eigenvalue weighted by molar-refractivity contribution is 5.64. The largest absolute Gasteiger partial charge is 0.550 e. The minimum Gasteiger partial charge on any atom is -0.550 e. The molecule has 0 amide bonds. The van der Waals surface area contributed by atoms with E-state index < -0.39 is 24.3 Å². The lowest BCUT2D eigenvalue weighted by Crippen LogP contribution is -2.24. The third-order valence-corrected chi connectivity index (χ3v) is 3.76. The summed E-state index contributed by atoms with van der Waals surface area (Å²) < 4.78 is 0. The molecule has 0 aliphatic carbocycles. The molecule has 3 N–H and O–H groups in total. The summed E-state index contributed by atoms with van der Waals surface area (Å²) >= 11 is 0. The lowest BCUT2D eigenvalue weighted by atomic mass is 10.0. The van der Waals surface area contributed by atoms with Crippen molar-refractivity contribution in [3.05, 3.63) is 36.5 Å². The first-order valence-corrected chi connectivity index (χ1v) is 9.19. The van der Waals surface area contributed by atoms with Crippen LogP contribution in [0.2, 0.25) is 0 Å². The van der Waals surface area contributed by atoms with Crippen LogP contribution in [0.4, 0.5) is 0 Å². The molecule has 5 heteroatoms. The molecule has 25 heavy (non-hydrogen) atoms. The van der Waals surface area contributed by atoms with Gasteiger partial charge in [0.2, 0.25) is 0 Å². The highest BCUT2D eigenvalue weighted by Crippen LogP contribution is 2.08. The number of allylic oxidation sites excluding steroid dienone is 3. The van der Waals surface area contributed by atoms with E-state index >= 15 is 0 Å². The fourth-order valence-electron chi connectivity index (χ4n) is 2.21. The zero-order valence-corrected chi connectivity index (χ0v) is 15.2. The van der Waals surface area contributed by atoms with Crippen molar-refractivity contribution in [2.45, 2.75) is 83.0 Å². The number of hydrogen-bond donors (Lipinski definition) is 3. The van der Waals surface area contributed by atoms with Gasteiger partial charge in [-0.3, -0.25) is 0 Å². The SMILES string of the molecule is CCCCCC(O)C(O)/C=C/C(O)C/C=C\C/C=C\CCCC(=O)[O-]. The van der Waals surface area contributed by atoms with Crippen molar-refractivity contribution >= 4 is 5.97 Å². The Balaban J connectivity index is 3.84. The topological polar surface area (TPSA) is 101 Å². The van der Waals surface area contributed by atoms with E-state index in [0.717, 1.165) is 25.7 Å². The van der Waals surface area contributed by atoms with Gasteiger partial charge in [0.15, 0.2) is 0 Å². The van der Waals surface area contributed by atoms with Gasteiger partial charge in [-0.1, -0.05) is 62.6 Å². The van der Waals surface area contributed by atoms with Crippen molar-refractivity contribution in [2.24, 2.45) is 0 Å². The quantitative estimate of drug-likeness (QED) is 0.309. The van der Waals surface area contributed by atoms with Gasteiger partial charge in [-0.25, -0.2) is 0 Å². The van der Waals surface area contributed by atoms with E-state index in [1.54, 1.807) is 0 Å². The van der Waals surface area contributed by atoms with Gasteiger partial charge in [-0.2, -0.15) is 0 Å². The molecular formula is C20H33O5-. The molecule has 0 radical (unpaired) electrons. The zero-order chi connectivity index (χ0) is 18.9. The molecule has 0 aliphatic rings. The van der Waals surface area contributed by atoms with Crippen molar-refractivity contribution < 1.29 is 25.2 Å². The number of hydrogen-bond acceptors (Lipinski definition) is 5. The number of carbonyl (C=O) groups is 1. The minimum absolute atomic E-state index is 0.0812. The number of aliphatic hydroxyl groups excluding tert-OH is 3. The lowest BCUT2D eigenvalue weighted by Gasteiger charge is -2.14. The summed E-state index contributed by atoms with van der Waals surface area (Å²) in [5.41, 5.74) is 0. The van der Waals surface area contributed by atoms with E-state index in [4.69, 9.17) is 0 Å². The summed E-state index contributed by atoms with van der Waals surface area (Å²) in [6.07, 6.45) is 14.3. The van der Waals surface area contributed by atoms with E-state index in [1.807, 2.05) is 24.3 Å². The maximum absolute atomic E-state index is 10.2. The Morgan fingerprint density at radius 2 is 1.72 bits per heavy atom. The van der Waals surface area contributed by atoms with Crippen LogP contribution >= 0.6 is 0 Å². The van der Waals surface area contributed by atoms with Crippen LogP contribution in [0.15, 0.2) is 36.5 Å². The Kier molecular flexibility index (Phi) is 15.1. The minimum atomic E-state index is -1.02. The van der Waals surface area contributed by atoms with Crippen LogP contribution in [-0.4, -0.2) is 39.6 Å². The van der Waals surface area contributed by atoms with Crippen LogP contribution < -0.4 is 5.11 Å². The van der Waals surface area contributed by atoms with Gasteiger partial charge in [-0.05, 0) is 38.5 Å². The first-order chi connectivity index (χ1) is 12.0. The molecule has 0 bridgehead atoms. The molecule has 0 rings (SSSR count). The van der Waals surface area contributed by atoms with Crippen molar-refractivity contribution in [3.8, 4) is 0 Å². The number of carbonyl (C=O) groups excluding carboxylic acids is 1. The summed E-state index contributed by atoms with van der Waals surface area (Å²) in [5, 5.41) is 39.6. The van der Waals surface area contributed by atoms with Crippen LogP contribution in [0.3, 0.4) is 0 Å².